The van der Waals surface area contributed by atoms with Gasteiger partial charge in [-0.2, -0.15) is 0 Å². The second-order valence-corrected chi connectivity index (χ2v) is 6.16. The van der Waals surface area contributed by atoms with Gasteiger partial charge in [-0.05, 0) is 71.3 Å². The van der Waals surface area contributed by atoms with E-state index in [1.165, 1.54) is 0 Å². The molecule has 3 nitrogen and oxygen atoms in total. The maximum atomic E-state index is 12.7. The van der Waals surface area contributed by atoms with E-state index in [4.69, 9.17) is 5.73 Å². The number of fused-ring (bicyclic) bond motifs is 1. The summed E-state index contributed by atoms with van der Waals surface area (Å²) in [5.74, 6) is 0.0510. The average Bonchev–Trinajstić information content (AvgIpc) is 2.46. The quantitative estimate of drug-likeness (QED) is 0.610. The van der Waals surface area contributed by atoms with Gasteiger partial charge in [-0.3, -0.25) is 4.79 Å². The standard InChI is InChI=1S/C16H15IN2O/c17-12-5-1-4-11(10-12)16(20)19-9-3-6-13-14(18)7-2-8-15(13)19/h1-2,4-5,7-8,10H,3,6,9,18H2. The van der Waals surface area contributed by atoms with Crippen LogP contribution in [0.3, 0.4) is 0 Å². The van der Waals surface area contributed by atoms with E-state index in [1.54, 1.807) is 0 Å². The largest absolute Gasteiger partial charge is 0.398 e. The summed E-state index contributed by atoms with van der Waals surface area (Å²) in [7, 11) is 0. The first-order valence-electron chi connectivity index (χ1n) is 6.61. The predicted molar refractivity (Wildman–Crippen MR) is 90.0 cm³/mol. The third kappa shape index (κ3) is 2.40. The number of carbonyl (C=O) groups excluding carboxylic acids is 1. The zero-order valence-electron chi connectivity index (χ0n) is 11.0. The molecule has 0 saturated carbocycles. The first-order chi connectivity index (χ1) is 9.66. The maximum Gasteiger partial charge on any atom is 0.258 e. The van der Waals surface area contributed by atoms with Gasteiger partial charge < -0.3 is 10.6 Å². The van der Waals surface area contributed by atoms with Crippen molar-refractivity contribution in [2.75, 3.05) is 17.2 Å². The highest BCUT2D eigenvalue weighted by atomic mass is 127. The summed E-state index contributed by atoms with van der Waals surface area (Å²) in [5.41, 5.74) is 9.59. The van der Waals surface area contributed by atoms with E-state index in [0.717, 1.165) is 45.5 Å². The molecule has 4 heteroatoms. The molecule has 1 aliphatic rings. The zero-order valence-corrected chi connectivity index (χ0v) is 13.1. The number of carbonyl (C=O) groups is 1. The van der Waals surface area contributed by atoms with Gasteiger partial charge in [0, 0.05) is 27.1 Å². The number of benzene rings is 2. The Labute approximate surface area is 131 Å². The van der Waals surface area contributed by atoms with Gasteiger partial charge in [-0.25, -0.2) is 0 Å². The molecule has 2 N–H and O–H groups in total. The summed E-state index contributed by atoms with van der Waals surface area (Å²) in [6.07, 6.45) is 1.90. The van der Waals surface area contributed by atoms with Gasteiger partial charge in [0.15, 0.2) is 0 Å². The highest BCUT2D eigenvalue weighted by Gasteiger charge is 2.24. The van der Waals surface area contributed by atoms with Crippen molar-refractivity contribution in [3.05, 3.63) is 57.2 Å². The molecule has 1 aliphatic heterocycles. The Morgan fingerprint density at radius 1 is 1.20 bits per heavy atom. The third-order valence-corrected chi connectivity index (χ3v) is 4.27. The van der Waals surface area contributed by atoms with E-state index in [2.05, 4.69) is 22.6 Å². The number of nitrogens with two attached hydrogens (primary N) is 1. The van der Waals surface area contributed by atoms with E-state index in [1.807, 2.05) is 47.4 Å². The number of anilines is 2. The Bertz CT molecular complexity index is 669. The van der Waals surface area contributed by atoms with E-state index in [9.17, 15) is 4.79 Å². The Balaban J connectivity index is 2.01. The molecule has 0 atom stereocenters. The number of halogens is 1. The minimum absolute atomic E-state index is 0.0510. The second kappa shape index (κ2) is 5.44. The fourth-order valence-corrected chi connectivity index (χ4v) is 3.18. The molecule has 0 unspecified atom stereocenters. The molecule has 0 radical (unpaired) electrons. The first kappa shape index (κ1) is 13.4. The summed E-state index contributed by atoms with van der Waals surface area (Å²) in [5, 5.41) is 0. The number of hydrogen-bond acceptors (Lipinski definition) is 2. The van der Waals surface area contributed by atoms with Crippen LogP contribution in [0.25, 0.3) is 0 Å². The van der Waals surface area contributed by atoms with Crippen LogP contribution in [0.15, 0.2) is 42.5 Å². The van der Waals surface area contributed by atoms with Gasteiger partial charge in [0.25, 0.3) is 5.91 Å². The summed E-state index contributed by atoms with van der Waals surface area (Å²) < 4.78 is 1.07. The van der Waals surface area contributed by atoms with Crippen molar-refractivity contribution in [1.29, 1.82) is 0 Å². The molecule has 102 valence electrons. The number of nitrogen functional groups attached to an aromatic ring is 1. The topological polar surface area (TPSA) is 46.3 Å². The van der Waals surface area contributed by atoms with Crippen LogP contribution in [0, 0.1) is 3.57 Å². The molecule has 0 aliphatic carbocycles. The molecule has 1 amide bonds. The molecule has 0 aromatic heterocycles. The van der Waals surface area contributed by atoms with Crippen LogP contribution in [-0.2, 0) is 6.42 Å². The first-order valence-corrected chi connectivity index (χ1v) is 7.69. The van der Waals surface area contributed by atoms with Gasteiger partial charge in [0.05, 0.1) is 0 Å². The van der Waals surface area contributed by atoms with Gasteiger partial charge in [-0.1, -0.05) is 12.1 Å². The van der Waals surface area contributed by atoms with Crippen molar-refractivity contribution in [2.45, 2.75) is 12.8 Å². The van der Waals surface area contributed by atoms with E-state index < -0.39 is 0 Å². The lowest BCUT2D eigenvalue weighted by molar-refractivity contribution is 0.0985. The number of rotatable bonds is 1. The Hall–Kier alpha value is -1.56. The predicted octanol–water partition coefficient (Wildman–Crippen LogP) is 3.47. The number of hydrogen-bond donors (Lipinski definition) is 1. The van der Waals surface area contributed by atoms with Crippen LogP contribution in [0.5, 0.6) is 0 Å². The van der Waals surface area contributed by atoms with Crippen LogP contribution in [-0.4, -0.2) is 12.5 Å². The Morgan fingerprint density at radius 2 is 2.00 bits per heavy atom. The van der Waals surface area contributed by atoms with Crippen LogP contribution >= 0.6 is 22.6 Å². The third-order valence-electron chi connectivity index (χ3n) is 3.60. The highest BCUT2D eigenvalue weighted by molar-refractivity contribution is 14.1. The number of amides is 1. The lowest BCUT2D eigenvalue weighted by Gasteiger charge is -2.30. The smallest absolute Gasteiger partial charge is 0.258 e. The lowest BCUT2D eigenvalue weighted by Crippen LogP contribution is -2.35. The van der Waals surface area contributed by atoms with Crippen molar-refractivity contribution < 1.29 is 4.79 Å². The second-order valence-electron chi connectivity index (χ2n) is 4.92. The normalized spacial score (nSPS) is 13.9. The van der Waals surface area contributed by atoms with Crippen molar-refractivity contribution >= 4 is 39.9 Å². The van der Waals surface area contributed by atoms with Gasteiger partial charge in [0.2, 0.25) is 0 Å². The van der Waals surface area contributed by atoms with Gasteiger partial charge in [0.1, 0.15) is 0 Å². The molecule has 2 aromatic rings. The van der Waals surface area contributed by atoms with Crippen LogP contribution in [0.2, 0.25) is 0 Å². The highest BCUT2D eigenvalue weighted by Crippen LogP contribution is 2.32. The lowest BCUT2D eigenvalue weighted by atomic mass is 9.99. The fraction of sp³-hybridized carbons (Fsp3) is 0.188. The average molecular weight is 378 g/mol. The van der Waals surface area contributed by atoms with Crippen molar-refractivity contribution in [1.82, 2.24) is 0 Å². The Morgan fingerprint density at radius 3 is 2.80 bits per heavy atom. The molecule has 3 rings (SSSR count). The molecule has 0 fully saturated rings. The maximum absolute atomic E-state index is 12.7. The molecule has 2 aromatic carbocycles. The molecule has 1 heterocycles. The van der Waals surface area contributed by atoms with Crippen LogP contribution in [0.4, 0.5) is 11.4 Å². The van der Waals surface area contributed by atoms with Crippen LogP contribution in [0.1, 0.15) is 22.3 Å². The minimum atomic E-state index is 0.0510. The minimum Gasteiger partial charge on any atom is -0.398 e. The van der Waals surface area contributed by atoms with Gasteiger partial charge >= 0.3 is 0 Å². The molecule has 0 spiro atoms. The molecular formula is C16H15IN2O. The van der Waals surface area contributed by atoms with Crippen molar-refractivity contribution in [3.63, 3.8) is 0 Å². The Kier molecular flexibility index (Phi) is 3.65. The summed E-state index contributed by atoms with van der Waals surface area (Å²) >= 11 is 2.22. The molecule has 0 bridgehead atoms. The SMILES string of the molecule is Nc1cccc2c1CCCN2C(=O)c1cccc(I)c1. The molecule has 0 saturated heterocycles. The summed E-state index contributed by atoms with van der Waals surface area (Å²) in [4.78, 5) is 14.6. The number of nitrogens with zero attached hydrogens (tertiary/aromatic N) is 1. The van der Waals surface area contributed by atoms with Gasteiger partial charge in [-0.15, -0.1) is 0 Å². The van der Waals surface area contributed by atoms with E-state index in [-0.39, 0.29) is 5.91 Å². The van der Waals surface area contributed by atoms with E-state index in [0.29, 0.717) is 0 Å². The molecule has 20 heavy (non-hydrogen) atoms. The van der Waals surface area contributed by atoms with Crippen molar-refractivity contribution in [3.8, 4) is 0 Å². The monoisotopic (exact) mass is 378 g/mol. The van der Waals surface area contributed by atoms with E-state index >= 15 is 0 Å². The zero-order chi connectivity index (χ0) is 14.1. The molecular weight excluding hydrogens is 363 g/mol. The summed E-state index contributed by atoms with van der Waals surface area (Å²) in [6, 6.07) is 13.5. The fourth-order valence-electron chi connectivity index (χ4n) is 2.64. The van der Waals surface area contributed by atoms with Crippen LogP contribution < -0.4 is 10.6 Å². The summed E-state index contributed by atoms with van der Waals surface area (Å²) in [6.45, 7) is 0.751. The van der Waals surface area contributed by atoms with Crippen molar-refractivity contribution in [2.24, 2.45) is 0 Å².